The number of esters is 1. The van der Waals surface area contributed by atoms with Crippen LogP contribution >= 0.6 is 0 Å². The highest BCUT2D eigenvalue weighted by Crippen LogP contribution is 2.02. The molecule has 0 aliphatic heterocycles. The molecule has 0 spiro atoms. The van der Waals surface area contributed by atoms with E-state index >= 15 is 0 Å². The summed E-state index contributed by atoms with van der Waals surface area (Å²) in [6, 6.07) is -0.630. The average Bonchev–Trinajstić information content (AvgIpc) is 2.32. The summed E-state index contributed by atoms with van der Waals surface area (Å²) >= 11 is 0. The Bertz CT molecular complexity index is 388. The third-order valence-corrected chi connectivity index (χ3v) is 2.48. The average molecular weight is 316 g/mol. The third-order valence-electron chi connectivity index (χ3n) is 2.48. The van der Waals surface area contributed by atoms with Crippen LogP contribution in [-0.2, 0) is 19.1 Å². The van der Waals surface area contributed by atoms with Crippen LogP contribution in [-0.4, -0.2) is 42.8 Å². The van der Waals surface area contributed by atoms with E-state index in [0.29, 0.717) is 12.5 Å². The maximum absolute atomic E-state index is 11.6. The van der Waals surface area contributed by atoms with Crippen LogP contribution in [0.1, 0.15) is 48.0 Å². The van der Waals surface area contributed by atoms with Gasteiger partial charge in [-0.3, -0.25) is 10.1 Å². The van der Waals surface area contributed by atoms with Crippen molar-refractivity contribution in [3.05, 3.63) is 0 Å². The zero-order valence-corrected chi connectivity index (χ0v) is 14.3. The van der Waals surface area contributed by atoms with Gasteiger partial charge in [-0.05, 0) is 40.0 Å². The first-order chi connectivity index (χ1) is 10.0. The molecule has 1 unspecified atom stereocenters. The maximum Gasteiger partial charge on any atom is 0.335 e. The van der Waals surface area contributed by atoms with Crippen LogP contribution in [0.25, 0.3) is 0 Å². The summed E-state index contributed by atoms with van der Waals surface area (Å²) in [5.41, 5.74) is -0.459. The second-order valence-electron chi connectivity index (χ2n) is 6.56. The van der Waals surface area contributed by atoms with Gasteiger partial charge in [0.2, 0.25) is 0 Å². The molecule has 0 aromatic rings. The quantitative estimate of drug-likeness (QED) is 0.696. The molecule has 0 aliphatic rings. The zero-order valence-electron chi connectivity index (χ0n) is 14.3. The molecule has 0 fully saturated rings. The number of carbonyl (C=O) groups is 3. The van der Waals surface area contributed by atoms with Crippen LogP contribution in [0.5, 0.6) is 0 Å². The molecule has 0 saturated heterocycles. The van der Waals surface area contributed by atoms with Gasteiger partial charge in [0.15, 0.2) is 12.7 Å². The Morgan fingerprint density at radius 1 is 1.09 bits per heavy atom. The molecule has 7 nitrogen and oxygen atoms in total. The van der Waals surface area contributed by atoms with E-state index in [1.807, 2.05) is 0 Å². The van der Waals surface area contributed by atoms with E-state index in [-0.39, 0.29) is 0 Å². The van der Waals surface area contributed by atoms with E-state index in [4.69, 9.17) is 9.47 Å². The predicted octanol–water partition coefficient (Wildman–Crippen LogP) is 1.61. The Labute approximate surface area is 132 Å². The molecule has 1 atom stereocenters. The summed E-state index contributed by atoms with van der Waals surface area (Å²) in [4.78, 5) is 34.5. The fourth-order valence-electron chi connectivity index (χ4n) is 1.34. The number of ether oxygens (including phenoxy) is 2. The first kappa shape index (κ1) is 20.4. The Morgan fingerprint density at radius 3 is 2.18 bits per heavy atom. The van der Waals surface area contributed by atoms with Gasteiger partial charge in [0.1, 0.15) is 0 Å². The highest BCUT2D eigenvalue weighted by molar-refractivity contribution is 5.95. The first-order valence-electron chi connectivity index (χ1n) is 7.41. The molecule has 0 heterocycles. The lowest BCUT2D eigenvalue weighted by molar-refractivity contribution is -0.159. The minimum atomic E-state index is -0.741. The molecule has 22 heavy (non-hydrogen) atoms. The molecule has 0 aromatic carbocycles. The van der Waals surface area contributed by atoms with Crippen LogP contribution < -0.4 is 10.6 Å². The molecule has 3 amide bonds. The van der Waals surface area contributed by atoms with E-state index in [1.54, 1.807) is 27.7 Å². The van der Waals surface area contributed by atoms with Crippen molar-refractivity contribution in [3.63, 3.8) is 0 Å². The summed E-state index contributed by atoms with van der Waals surface area (Å²) in [6.07, 6.45) is 0.0976. The molecule has 0 aromatic heterocycles. The molecule has 0 aliphatic carbocycles. The van der Waals surface area contributed by atoms with Crippen molar-refractivity contribution in [3.8, 4) is 0 Å². The monoisotopic (exact) mass is 316 g/mol. The molecular weight excluding hydrogens is 288 g/mol. The molecule has 7 heteroatoms. The van der Waals surface area contributed by atoms with E-state index in [9.17, 15) is 14.4 Å². The molecule has 0 bridgehead atoms. The molecule has 0 saturated carbocycles. The normalized spacial score (nSPS) is 12.7. The standard InChI is InChI=1S/C15H28N2O5/c1-10(2)7-8-21-11(3)13(19)22-9-12(18)16-14(20)17-15(4,5)6/h10-11H,7-9H2,1-6H3,(H2,16,17,18,20). The zero-order chi connectivity index (χ0) is 17.3. The number of urea groups is 1. The van der Waals surface area contributed by atoms with Crippen molar-refractivity contribution in [2.75, 3.05) is 13.2 Å². The number of rotatable bonds is 7. The molecule has 128 valence electrons. The van der Waals surface area contributed by atoms with Gasteiger partial charge in [0, 0.05) is 12.1 Å². The van der Waals surface area contributed by atoms with Gasteiger partial charge >= 0.3 is 12.0 Å². The Morgan fingerprint density at radius 2 is 1.68 bits per heavy atom. The lowest BCUT2D eigenvalue weighted by Gasteiger charge is -2.20. The molecule has 2 N–H and O–H groups in total. The minimum Gasteiger partial charge on any atom is -0.454 e. The number of imide groups is 1. The van der Waals surface area contributed by atoms with E-state index < -0.39 is 36.2 Å². The van der Waals surface area contributed by atoms with Crippen LogP contribution in [0.3, 0.4) is 0 Å². The second kappa shape index (κ2) is 9.40. The van der Waals surface area contributed by atoms with Crippen molar-refractivity contribution in [1.29, 1.82) is 0 Å². The lowest BCUT2D eigenvalue weighted by Crippen LogP contribution is -2.49. The second-order valence-corrected chi connectivity index (χ2v) is 6.56. The number of hydrogen-bond donors (Lipinski definition) is 2. The van der Waals surface area contributed by atoms with Crippen LogP contribution in [0.4, 0.5) is 4.79 Å². The topological polar surface area (TPSA) is 93.7 Å². The van der Waals surface area contributed by atoms with Gasteiger partial charge in [0.25, 0.3) is 5.91 Å². The van der Waals surface area contributed by atoms with E-state index in [2.05, 4.69) is 24.5 Å². The Balaban J connectivity index is 3.98. The number of amides is 3. The molecular formula is C15H28N2O5. The largest absolute Gasteiger partial charge is 0.454 e. The maximum atomic E-state index is 11.6. The number of hydrogen-bond acceptors (Lipinski definition) is 5. The van der Waals surface area contributed by atoms with Gasteiger partial charge < -0.3 is 14.8 Å². The van der Waals surface area contributed by atoms with Crippen molar-refractivity contribution in [2.24, 2.45) is 5.92 Å². The van der Waals surface area contributed by atoms with Crippen LogP contribution in [0.2, 0.25) is 0 Å². The molecule has 0 rings (SSSR count). The lowest BCUT2D eigenvalue weighted by atomic mass is 10.1. The fourth-order valence-corrected chi connectivity index (χ4v) is 1.34. The van der Waals surface area contributed by atoms with Gasteiger partial charge in [0.05, 0.1) is 0 Å². The van der Waals surface area contributed by atoms with E-state index in [1.165, 1.54) is 0 Å². The van der Waals surface area contributed by atoms with Gasteiger partial charge in [-0.2, -0.15) is 0 Å². The van der Waals surface area contributed by atoms with Crippen molar-refractivity contribution in [2.45, 2.75) is 59.6 Å². The van der Waals surface area contributed by atoms with Crippen LogP contribution in [0, 0.1) is 5.92 Å². The smallest absolute Gasteiger partial charge is 0.335 e. The van der Waals surface area contributed by atoms with E-state index in [0.717, 1.165) is 6.42 Å². The summed E-state index contributed by atoms with van der Waals surface area (Å²) in [6.45, 7) is 11.0. The minimum absolute atomic E-state index is 0.452. The Hall–Kier alpha value is -1.63. The predicted molar refractivity (Wildman–Crippen MR) is 82.3 cm³/mol. The Kier molecular flexibility index (Phi) is 8.70. The summed E-state index contributed by atoms with van der Waals surface area (Å²) in [7, 11) is 0. The van der Waals surface area contributed by atoms with Gasteiger partial charge in [-0.1, -0.05) is 13.8 Å². The first-order valence-corrected chi connectivity index (χ1v) is 7.41. The number of nitrogens with one attached hydrogen (secondary N) is 2. The van der Waals surface area contributed by atoms with Crippen LogP contribution in [0.15, 0.2) is 0 Å². The fraction of sp³-hybridized carbons (Fsp3) is 0.800. The van der Waals surface area contributed by atoms with Crippen molar-refractivity contribution >= 4 is 17.9 Å². The van der Waals surface area contributed by atoms with Gasteiger partial charge in [-0.15, -0.1) is 0 Å². The van der Waals surface area contributed by atoms with Crippen molar-refractivity contribution < 1.29 is 23.9 Å². The van der Waals surface area contributed by atoms with Crippen molar-refractivity contribution in [1.82, 2.24) is 10.6 Å². The summed E-state index contributed by atoms with van der Waals surface area (Å²) in [5.74, 6) is -0.838. The molecule has 0 radical (unpaired) electrons. The SMILES string of the molecule is CC(C)CCOC(C)C(=O)OCC(=O)NC(=O)NC(C)(C)C. The van der Waals surface area contributed by atoms with Gasteiger partial charge in [-0.25, -0.2) is 9.59 Å². The highest BCUT2D eigenvalue weighted by atomic mass is 16.6. The summed E-state index contributed by atoms with van der Waals surface area (Å²) in [5, 5.41) is 4.64. The highest BCUT2D eigenvalue weighted by Gasteiger charge is 2.19. The number of carbonyl (C=O) groups excluding carboxylic acids is 3. The summed E-state index contributed by atoms with van der Waals surface area (Å²) < 4.78 is 10.1. The third kappa shape index (κ3) is 11.1.